The average molecular weight is 283 g/mol. The molecule has 2 rings (SSSR count). The first kappa shape index (κ1) is 12.9. The number of thiazole rings is 1. The van der Waals surface area contributed by atoms with Crippen LogP contribution in [0.25, 0.3) is 0 Å². The number of aromatic nitrogens is 1. The highest BCUT2D eigenvalue weighted by Crippen LogP contribution is 2.16. The Labute approximate surface area is 114 Å². The molecule has 0 saturated heterocycles. The first-order valence-corrected chi connectivity index (χ1v) is 6.49. The number of carbonyl (C=O) groups excluding carboxylic acids is 1. The fraction of sp³-hybridized carbons (Fsp3) is 0.167. The van der Waals surface area contributed by atoms with Crippen LogP contribution in [-0.4, -0.2) is 17.5 Å². The van der Waals surface area contributed by atoms with Gasteiger partial charge in [-0.05, 0) is 31.2 Å². The molecule has 0 aliphatic heterocycles. The Morgan fingerprint density at radius 1 is 1.44 bits per heavy atom. The number of benzene rings is 1. The maximum absolute atomic E-state index is 11.6. The normalized spacial score (nSPS) is 10.1. The minimum absolute atomic E-state index is 0.0553. The lowest BCUT2D eigenvalue weighted by atomic mass is 10.3. The van der Waals surface area contributed by atoms with Gasteiger partial charge in [0.2, 0.25) is 0 Å². The van der Waals surface area contributed by atoms with Crippen molar-refractivity contribution in [1.29, 1.82) is 0 Å². The van der Waals surface area contributed by atoms with Crippen LogP contribution in [0.1, 0.15) is 5.69 Å². The van der Waals surface area contributed by atoms with E-state index in [1.165, 1.54) is 11.3 Å². The molecule has 0 saturated carbocycles. The monoisotopic (exact) mass is 282 g/mol. The number of rotatable bonds is 4. The Morgan fingerprint density at radius 2 is 2.17 bits per heavy atom. The van der Waals surface area contributed by atoms with E-state index in [-0.39, 0.29) is 12.5 Å². The SMILES string of the molecule is Cc1csc(NC(=O)COc2ccc(Cl)cc2)n1. The summed E-state index contributed by atoms with van der Waals surface area (Å²) >= 11 is 7.13. The Kier molecular flexibility index (Phi) is 4.17. The molecule has 0 aliphatic rings. The van der Waals surface area contributed by atoms with E-state index in [9.17, 15) is 4.79 Å². The molecule has 1 N–H and O–H groups in total. The molecule has 4 nitrogen and oxygen atoms in total. The third-order valence-corrected chi connectivity index (χ3v) is 3.18. The molecule has 94 valence electrons. The summed E-state index contributed by atoms with van der Waals surface area (Å²) in [5.41, 5.74) is 0.883. The van der Waals surface area contributed by atoms with Gasteiger partial charge in [-0.1, -0.05) is 11.6 Å². The highest BCUT2D eigenvalue weighted by molar-refractivity contribution is 7.13. The molecule has 0 atom stereocenters. The van der Waals surface area contributed by atoms with Crippen molar-refractivity contribution in [2.45, 2.75) is 6.92 Å². The lowest BCUT2D eigenvalue weighted by molar-refractivity contribution is -0.118. The van der Waals surface area contributed by atoms with Gasteiger partial charge in [-0.3, -0.25) is 10.1 Å². The van der Waals surface area contributed by atoms with Crippen molar-refractivity contribution in [2.24, 2.45) is 0 Å². The molecule has 18 heavy (non-hydrogen) atoms. The Balaban J connectivity index is 1.83. The third-order valence-electron chi connectivity index (χ3n) is 2.05. The van der Waals surface area contributed by atoms with Crippen LogP contribution >= 0.6 is 22.9 Å². The topological polar surface area (TPSA) is 51.2 Å². The smallest absolute Gasteiger partial charge is 0.264 e. The number of anilines is 1. The van der Waals surface area contributed by atoms with Crippen molar-refractivity contribution in [3.05, 3.63) is 40.4 Å². The largest absolute Gasteiger partial charge is 0.484 e. The van der Waals surface area contributed by atoms with Gasteiger partial charge in [-0.15, -0.1) is 11.3 Å². The summed E-state index contributed by atoms with van der Waals surface area (Å²) in [5, 5.41) is 5.74. The molecule has 1 aromatic carbocycles. The van der Waals surface area contributed by atoms with Gasteiger partial charge >= 0.3 is 0 Å². The zero-order chi connectivity index (χ0) is 13.0. The summed E-state index contributed by atoms with van der Waals surface area (Å²) in [6, 6.07) is 6.84. The molecular weight excluding hydrogens is 272 g/mol. The lowest BCUT2D eigenvalue weighted by Crippen LogP contribution is -2.20. The second kappa shape index (κ2) is 5.84. The predicted octanol–water partition coefficient (Wildman–Crippen LogP) is 3.12. The van der Waals surface area contributed by atoms with Gasteiger partial charge in [0.05, 0.1) is 5.69 Å². The number of amides is 1. The van der Waals surface area contributed by atoms with Crippen LogP contribution in [0.2, 0.25) is 5.02 Å². The minimum atomic E-state index is -0.237. The van der Waals surface area contributed by atoms with Crippen LogP contribution in [-0.2, 0) is 4.79 Å². The Morgan fingerprint density at radius 3 is 2.78 bits per heavy atom. The summed E-state index contributed by atoms with van der Waals surface area (Å²) < 4.78 is 5.31. The van der Waals surface area contributed by atoms with Crippen LogP contribution in [0.3, 0.4) is 0 Å². The van der Waals surface area contributed by atoms with Crippen LogP contribution in [0.5, 0.6) is 5.75 Å². The molecular formula is C12H11ClN2O2S. The molecule has 0 radical (unpaired) electrons. The molecule has 0 spiro atoms. The molecule has 0 fully saturated rings. The van der Waals surface area contributed by atoms with Gasteiger partial charge in [0.1, 0.15) is 5.75 Å². The van der Waals surface area contributed by atoms with E-state index in [2.05, 4.69) is 10.3 Å². The van der Waals surface area contributed by atoms with E-state index in [1.54, 1.807) is 24.3 Å². The molecule has 2 aromatic rings. The van der Waals surface area contributed by atoms with E-state index in [0.29, 0.717) is 15.9 Å². The number of nitrogens with zero attached hydrogens (tertiary/aromatic N) is 1. The second-order valence-corrected chi connectivity index (χ2v) is 4.88. The van der Waals surface area contributed by atoms with Crippen LogP contribution in [0.15, 0.2) is 29.6 Å². The van der Waals surface area contributed by atoms with Crippen molar-refractivity contribution < 1.29 is 9.53 Å². The molecule has 1 heterocycles. The number of nitrogens with one attached hydrogen (secondary N) is 1. The standard InChI is InChI=1S/C12H11ClN2O2S/c1-8-7-18-12(14-8)15-11(16)6-17-10-4-2-9(13)3-5-10/h2-5,7H,6H2,1H3,(H,14,15,16). The van der Waals surface area contributed by atoms with Crippen molar-refractivity contribution in [2.75, 3.05) is 11.9 Å². The van der Waals surface area contributed by atoms with Crippen LogP contribution in [0.4, 0.5) is 5.13 Å². The molecule has 0 bridgehead atoms. The quantitative estimate of drug-likeness (QED) is 0.937. The molecule has 1 amide bonds. The summed E-state index contributed by atoms with van der Waals surface area (Å²) in [6.45, 7) is 1.82. The number of aryl methyl sites for hydroxylation is 1. The number of hydrogen-bond acceptors (Lipinski definition) is 4. The van der Waals surface area contributed by atoms with E-state index in [4.69, 9.17) is 16.3 Å². The zero-order valence-electron chi connectivity index (χ0n) is 9.64. The van der Waals surface area contributed by atoms with E-state index in [1.807, 2.05) is 12.3 Å². The first-order chi connectivity index (χ1) is 8.63. The Hall–Kier alpha value is -1.59. The van der Waals surface area contributed by atoms with Gasteiger partial charge in [0, 0.05) is 10.4 Å². The van der Waals surface area contributed by atoms with Crippen molar-refractivity contribution >= 4 is 34.0 Å². The molecule has 0 aliphatic carbocycles. The highest BCUT2D eigenvalue weighted by Gasteiger charge is 2.06. The number of carbonyl (C=O) groups is 1. The van der Waals surface area contributed by atoms with Crippen molar-refractivity contribution in [3.8, 4) is 5.75 Å². The lowest BCUT2D eigenvalue weighted by Gasteiger charge is -2.05. The van der Waals surface area contributed by atoms with Gasteiger partial charge in [0.15, 0.2) is 11.7 Å². The van der Waals surface area contributed by atoms with Crippen molar-refractivity contribution in [1.82, 2.24) is 4.98 Å². The zero-order valence-corrected chi connectivity index (χ0v) is 11.2. The fourth-order valence-electron chi connectivity index (χ4n) is 1.25. The number of ether oxygens (including phenoxy) is 1. The molecule has 1 aromatic heterocycles. The summed E-state index contributed by atoms with van der Waals surface area (Å²) in [4.78, 5) is 15.7. The maximum Gasteiger partial charge on any atom is 0.264 e. The van der Waals surface area contributed by atoms with E-state index in [0.717, 1.165) is 5.69 Å². The van der Waals surface area contributed by atoms with Gasteiger partial charge in [0.25, 0.3) is 5.91 Å². The Bertz CT molecular complexity index is 539. The van der Waals surface area contributed by atoms with E-state index < -0.39 is 0 Å². The van der Waals surface area contributed by atoms with Gasteiger partial charge < -0.3 is 4.74 Å². The number of halogens is 1. The summed E-state index contributed by atoms with van der Waals surface area (Å²) in [5.74, 6) is 0.365. The summed E-state index contributed by atoms with van der Waals surface area (Å²) in [6.07, 6.45) is 0. The molecule has 6 heteroatoms. The van der Waals surface area contributed by atoms with Gasteiger partial charge in [-0.2, -0.15) is 0 Å². The highest BCUT2D eigenvalue weighted by atomic mass is 35.5. The van der Waals surface area contributed by atoms with Crippen LogP contribution in [0, 0.1) is 6.92 Å². The van der Waals surface area contributed by atoms with Gasteiger partial charge in [-0.25, -0.2) is 4.98 Å². The minimum Gasteiger partial charge on any atom is -0.484 e. The predicted molar refractivity (Wildman–Crippen MR) is 72.4 cm³/mol. The van der Waals surface area contributed by atoms with Crippen molar-refractivity contribution in [3.63, 3.8) is 0 Å². The maximum atomic E-state index is 11.6. The number of hydrogen-bond donors (Lipinski definition) is 1. The average Bonchev–Trinajstić information content (AvgIpc) is 2.74. The molecule has 0 unspecified atom stereocenters. The third kappa shape index (κ3) is 3.72. The summed E-state index contributed by atoms with van der Waals surface area (Å²) in [7, 11) is 0. The second-order valence-electron chi connectivity index (χ2n) is 3.58. The van der Waals surface area contributed by atoms with Crippen LogP contribution < -0.4 is 10.1 Å². The van der Waals surface area contributed by atoms with E-state index >= 15 is 0 Å². The first-order valence-electron chi connectivity index (χ1n) is 5.24. The fourth-order valence-corrected chi connectivity index (χ4v) is 2.08.